The maximum absolute atomic E-state index is 4.81. The minimum absolute atomic E-state index is 0.106. The molecule has 230 valence electrons. The average molecular weight is 697 g/mol. The first-order valence-electron chi connectivity index (χ1n) is 14.7. The zero-order valence-electron chi connectivity index (χ0n) is 26.1. The third kappa shape index (κ3) is 8.67. The summed E-state index contributed by atoms with van der Waals surface area (Å²) in [4.78, 5) is 4.65. The Hall–Kier alpha value is -2.22. The molecule has 2 aliphatic rings. The van der Waals surface area contributed by atoms with E-state index in [1.165, 1.54) is 44.1 Å². The van der Waals surface area contributed by atoms with Gasteiger partial charge in [-0.05, 0) is 68.8 Å². The summed E-state index contributed by atoms with van der Waals surface area (Å²) >= 11 is -0.106. The molecule has 0 saturated heterocycles. The van der Waals surface area contributed by atoms with Gasteiger partial charge in [-0.1, -0.05) is 122 Å². The van der Waals surface area contributed by atoms with E-state index >= 15 is 0 Å². The molecule has 0 bridgehead atoms. The summed E-state index contributed by atoms with van der Waals surface area (Å²) in [5, 5.41) is 6.67. The Morgan fingerprint density at radius 3 is 1.36 bits per heavy atom. The molecule has 6 heteroatoms. The van der Waals surface area contributed by atoms with E-state index < -0.39 is 0 Å². The molecule has 0 radical (unpaired) electrons. The van der Waals surface area contributed by atoms with Crippen LogP contribution in [0.3, 0.4) is 0 Å². The second-order valence-corrected chi connectivity index (χ2v) is 14.1. The van der Waals surface area contributed by atoms with E-state index in [9.17, 15) is 0 Å². The fraction of sp³-hybridized carbons (Fsp3) is 0.361. The van der Waals surface area contributed by atoms with Crippen LogP contribution in [-0.4, -0.2) is 6.54 Å². The van der Waals surface area contributed by atoms with Crippen molar-refractivity contribution in [3.63, 3.8) is 0 Å². The number of fused-ring (bicyclic) bond motifs is 1. The van der Waals surface area contributed by atoms with Crippen LogP contribution in [0.2, 0.25) is 0 Å². The molecule has 0 amide bonds. The molecule has 0 unspecified atom stereocenters. The third-order valence-electron chi connectivity index (χ3n) is 7.48. The van der Waals surface area contributed by atoms with Crippen molar-refractivity contribution in [2.24, 2.45) is 0 Å². The fourth-order valence-electron chi connectivity index (χ4n) is 5.36. The summed E-state index contributed by atoms with van der Waals surface area (Å²) in [6.07, 6.45) is 8.49. The fourth-order valence-corrected chi connectivity index (χ4v) is 5.36. The monoisotopic (exact) mass is 695 g/mol. The van der Waals surface area contributed by atoms with Crippen molar-refractivity contribution in [2.45, 2.75) is 79.1 Å². The predicted molar refractivity (Wildman–Crippen MR) is 182 cm³/mol. The Morgan fingerprint density at radius 1 is 0.619 bits per heavy atom. The van der Waals surface area contributed by atoms with Crippen LogP contribution < -0.4 is 20.2 Å². The van der Waals surface area contributed by atoms with Crippen LogP contribution in [0.1, 0.15) is 101 Å². The van der Waals surface area contributed by atoms with E-state index in [2.05, 4.69) is 150 Å². The first-order chi connectivity index (χ1) is 20.1. The van der Waals surface area contributed by atoms with Crippen molar-refractivity contribution in [3.8, 4) is 0 Å². The molecule has 0 saturated carbocycles. The van der Waals surface area contributed by atoms with Gasteiger partial charge in [0.05, 0.1) is 0 Å². The first kappa shape index (κ1) is 34.3. The number of hydrogen-bond acceptors (Lipinski definition) is 2. The molecule has 0 N–H and O–H groups in total. The van der Waals surface area contributed by atoms with Crippen LogP contribution >= 0.6 is 19.1 Å². The third-order valence-corrected chi connectivity index (χ3v) is 7.48. The molecule has 2 heterocycles. The molecule has 0 aliphatic carbocycles. The van der Waals surface area contributed by atoms with Gasteiger partial charge >= 0.3 is 35.0 Å². The van der Waals surface area contributed by atoms with E-state index in [1.807, 2.05) is 12.3 Å². The van der Waals surface area contributed by atoms with Crippen molar-refractivity contribution in [1.82, 2.24) is 0 Å². The molecule has 2 aliphatic heterocycles. The normalized spacial score (nSPS) is 13.8. The van der Waals surface area contributed by atoms with Gasteiger partial charge < -0.3 is 15.1 Å². The van der Waals surface area contributed by atoms with Crippen LogP contribution in [0.4, 0.5) is 11.4 Å². The zero-order valence-corrected chi connectivity index (χ0v) is 29.2. The molecule has 0 fully saturated rings. The molecule has 3 nitrogen and oxygen atoms in total. The number of rotatable bonds is 6. The number of hydrogen-bond donors (Lipinski definition) is 0. The van der Waals surface area contributed by atoms with Crippen LogP contribution in [0.5, 0.6) is 0 Å². The zero-order chi connectivity index (χ0) is 30.8. The Morgan fingerprint density at radius 2 is 1.00 bits per heavy atom. The second-order valence-electron chi connectivity index (χ2n) is 11.8. The first-order valence-corrected chi connectivity index (χ1v) is 18.7. The molecule has 3 aromatic rings. The van der Waals surface area contributed by atoms with Gasteiger partial charge in [0, 0.05) is 11.4 Å². The van der Waals surface area contributed by atoms with Crippen LogP contribution in [0.15, 0.2) is 73.1 Å². The summed E-state index contributed by atoms with van der Waals surface area (Å²) < 4.78 is 0. The number of halogens is 2. The molecule has 3 aromatic carbocycles. The molecule has 0 spiro atoms. The van der Waals surface area contributed by atoms with Gasteiger partial charge in [-0.2, -0.15) is 6.20 Å². The van der Waals surface area contributed by atoms with Gasteiger partial charge in [0.1, 0.15) is 0 Å². The van der Waals surface area contributed by atoms with Gasteiger partial charge in [-0.15, -0.1) is 13.2 Å². The molecular weight excluding hydrogens is 652 g/mol. The molecular formula is C36H45Cl2N3Pd-2. The predicted octanol–water partition coefficient (Wildman–Crippen LogP) is 10.1. The van der Waals surface area contributed by atoms with Crippen LogP contribution in [0, 0.1) is 6.67 Å². The Balaban J connectivity index is 0.000000306. The van der Waals surface area contributed by atoms with Gasteiger partial charge in [-0.25, -0.2) is 0 Å². The molecule has 0 atom stereocenters. The summed E-state index contributed by atoms with van der Waals surface area (Å²) in [6.45, 7) is 21.4. The summed E-state index contributed by atoms with van der Waals surface area (Å²) in [5.41, 5.74) is 8.29. The van der Waals surface area contributed by atoms with Crippen molar-refractivity contribution < 1.29 is 15.9 Å². The maximum atomic E-state index is 4.81. The van der Waals surface area contributed by atoms with E-state index in [1.54, 1.807) is 0 Å². The number of para-hydroxylation sites is 2. The standard InChI is InChI=1S/C27H37N2.C9H8N.2ClH.Pd/c1-18(2)22-11-9-12-23(19(3)4)26(22)28-15-16-29(17-28)27-24(20(5)6)13-10-14-25(27)21(7)8;1-2-4-9-7-10-6-5-8(9)3-1;;;/h9-21H,1-8H3;1-5,7H,6H2;2*1H;/q2*-1;;;+2/p-2. The number of benzene rings is 3. The van der Waals surface area contributed by atoms with Gasteiger partial charge in [0.15, 0.2) is 0 Å². The molecule has 0 aromatic heterocycles. The van der Waals surface area contributed by atoms with Crippen molar-refractivity contribution >= 4 is 42.7 Å². The van der Waals surface area contributed by atoms with E-state index in [0.717, 1.165) is 6.54 Å². The van der Waals surface area contributed by atoms with E-state index in [-0.39, 0.29) is 15.9 Å². The minimum atomic E-state index is -0.106. The topological polar surface area (TPSA) is 20.6 Å². The quantitative estimate of drug-likeness (QED) is 0.189. The molecule has 5 rings (SSSR count). The van der Waals surface area contributed by atoms with Gasteiger partial charge in [0.25, 0.3) is 0 Å². The summed E-state index contributed by atoms with van der Waals surface area (Å²) in [6, 6.07) is 21.8. The Labute approximate surface area is 270 Å². The van der Waals surface area contributed by atoms with E-state index in [0.29, 0.717) is 23.7 Å². The average Bonchev–Trinajstić information content (AvgIpc) is 3.47. The van der Waals surface area contributed by atoms with Crippen LogP contribution in [0.25, 0.3) is 17.6 Å². The van der Waals surface area contributed by atoms with Gasteiger partial charge in [-0.3, -0.25) is 0 Å². The molecule has 42 heavy (non-hydrogen) atoms. The van der Waals surface area contributed by atoms with Gasteiger partial charge in [0.2, 0.25) is 0 Å². The van der Waals surface area contributed by atoms with Crippen molar-refractivity contribution in [2.75, 3.05) is 16.3 Å². The van der Waals surface area contributed by atoms with Crippen LogP contribution in [-0.2, 0) is 15.9 Å². The van der Waals surface area contributed by atoms with Crippen molar-refractivity contribution in [3.05, 3.63) is 118 Å². The summed E-state index contributed by atoms with van der Waals surface area (Å²) in [7, 11) is 9.63. The number of nitrogens with zero attached hydrogens (tertiary/aromatic N) is 3. The van der Waals surface area contributed by atoms with Crippen molar-refractivity contribution in [1.29, 1.82) is 0 Å². The Bertz CT molecular complexity index is 1290. The Kier molecular flexibility index (Phi) is 13.5. The summed E-state index contributed by atoms with van der Waals surface area (Å²) in [5.74, 6) is 1.92. The number of anilines is 2. The van der Waals surface area contributed by atoms with E-state index in [4.69, 9.17) is 19.1 Å². The SMILES string of the molecule is C1=c2ccccc2=C[N-]C1.CC(C)c1cccc(C(C)C)c1N1C=CN(c2c(C(C)C)cccc2C(C)C)[CH-]1.[Cl][Pd][Cl]. The second kappa shape index (κ2) is 16.6.